The molecule has 1 saturated heterocycles. The lowest BCUT2D eigenvalue weighted by atomic mass is 10.1. The van der Waals surface area contributed by atoms with Gasteiger partial charge >= 0.3 is 0 Å². The number of benzene rings is 2. The molecule has 39 heavy (non-hydrogen) atoms. The SMILES string of the molecule is C#Cc1cccc(Nc2ncnc3cc(O)c(NC(=O)/C=C/CN4CCCOCC4)cc23)c1.CC.CCOC. The number of nitrogens with one attached hydrogen (secondary N) is 2. The summed E-state index contributed by atoms with van der Waals surface area (Å²) in [7, 11) is 1.68. The van der Waals surface area contributed by atoms with Crippen LogP contribution >= 0.6 is 0 Å². The number of amides is 1. The van der Waals surface area contributed by atoms with Gasteiger partial charge in [-0.2, -0.15) is 0 Å². The monoisotopic (exact) mass is 533 g/mol. The first-order valence-electron chi connectivity index (χ1n) is 13.1. The van der Waals surface area contributed by atoms with E-state index in [4.69, 9.17) is 11.2 Å². The maximum absolute atomic E-state index is 12.4. The maximum atomic E-state index is 12.4. The van der Waals surface area contributed by atoms with E-state index in [1.807, 2.05) is 51.1 Å². The number of carbonyl (C=O) groups is 1. The molecule has 3 aromatic rings. The second kappa shape index (κ2) is 17.5. The predicted octanol–water partition coefficient (Wildman–Crippen LogP) is 4.96. The molecule has 2 heterocycles. The summed E-state index contributed by atoms with van der Waals surface area (Å²) >= 11 is 0. The Hall–Kier alpha value is -3.97. The van der Waals surface area contributed by atoms with Crippen molar-refractivity contribution in [1.29, 1.82) is 0 Å². The van der Waals surface area contributed by atoms with Crippen molar-refractivity contribution < 1.29 is 19.4 Å². The number of hydrogen-bond acceptors (Lipinski definition) is 8. The largest absolute Gasteiger partial charge is 0.506 e. The first kappa shape index (κ1) is 31.2. The summed E-state index contributed by atoms with van der Waals surface area (Å²) in [5.41, 5.74) is 2.32. The van der Waals surface area contributed by atoms with Crippen LogP contribution in [-0.2, 0) is 14.3 Å². The van der Waals surface area contributed by atoms with E-state index in [1.54, 1.807) is 13.2 Å². The zero-order valence-electron chi connectivity index (χ0n) is 23.2. The van der Waals surface area contributed by atoms with E-state index in [1.165, 1.54) is 18.5 Å². The van der Waals surface area contributed by atoms with Crippen molar-refractivity contribution >= 4 is 34.0 Å². The van der Waals surface area contributed by atoms with Crippen LogP contribution in [0.5, 0.6) is 5.75 Å². The second-order valence-electron chi connectivity index (χ2n) is 8.19. The molecule has 0 atom stereocenters. The zero-order chi connectivity index (χ0) is 28.5. The van der Waals surface area contributed by atoms with Crippen LogP contribution in [0.15, 0.2) is 54.9 Å². The van der Waals surface area contributed by atoms with Crippen LogP contribution in [0.3, 0.4) is 0 Å². The highest BCUT2D eigenvalue weighted by Gasteiger charge is 2.12. The van der Waals surface area contributed by atoms with E-state index in [-0.39, 0.29) is 17.3 Å². The lowest BCUT2D eigenvalue weighted by Crippen LogP contribution is -2.26. The third kappa shape index (κ3) is 10.4. The molecule has 0 spiro atoms. The smallest absolute Gasteiger partial charge is 0.248 e. The van der Waals surface area contributed by atoms with Crippen LogP contribution in [0.4, 0.5) is 17.2 Å². The minimum absolute atomic E-state index is 0.0760. The average molecular weight is 534 g/mol. The van der Waals surface area contributed by atoms with Gasteiger partial charge in [0.05, 0.1) is 17.8 Å². The number of ether oxygens (including phenoxy) is 2. The number of methoxy groups -OCH3 is 1. The highest BCUT2D eigenvalue weighted by molar-refractivity contribution is 6.03. The van der Waals surface area contributed by atoms with Gasteiger partial charge in [0.1, 0.15) is 17.9 Å². The molecular weight excluding hydrogens is 494 g/mol. The minimum Gasteiger partial charge on any atom is -0.506 e. The highest BCUT2D eigenvalue weighted by atomic mass is 16.5. The first-order valence-corrected chi connectivity index (χ1v) is 13.1. The lowest BCUT2D eigenvalue weighted by Gasteiger charge is -2.16. The van der Waals surface area contributed by atoms with Crippen LogP contribution in [0.1, 0.15) is 32.8 Å². The summed E-state index contributed by atoms with van der Waals surface area (Å²) in [6.45, 7) is 10.7. The van der Waals surface area contributed by atoms with Gasteiger partial charge < -0.3 is 25.2 Å². The molecule has 1 aromatic heterocycles. The van der Waals surface area contributed by atoms with Crippen LogP contribution in [0.2, 0.25) is 0 Å². The normalized spacial score (nSPS) is 13.3. The quantitative estimate of drug-likeness (QED) is 0.222. The van der Waals surface area contributed by atoms with Crippen molar-refractivity contribution in [3.63, 3.8) is 0 Å². The summed E-state index contributed by atoms with van der Waals surface area (Å²) < 4.78 is 9.98. The third-order valence-electron chi connectivity index (χ3n) is 5.54. The van der Waals surface area contributed by atoms with Crippen molar-refractivity contribution in [3.05, 3.63) is 60.4 Å². The van der Waals surface area contributed by atoms with Gasteiger partial charge in [-0.1, -0.05) is 31.9 Å². The average Bonchev–Trinajstić information content (AvgIpc) is 3.24. The molecule has 0 bridgehead atoms. The van der Waals surface area contributed by atoms with Crippen LogP contribution in [-0.4, -0.2) is 72.4 Å². The topological polar surface area (TPSA) is 109 Å². The van der Waals surface area contributed by atoms with Gasteiger partial charge in [-0.3, -0.25) is 9.69 Å². The molecular formula is C30H39N5O4. The molecule has 1 amide bonds. The van der Waals surface area contributed by atoms with Gasteiger partial charge in [-0.25, -0.2) is 9.97 Å². The number of carbonyl (C=O) groups excluding carboxylic acids is 1. The Morgan fingerprint density at radius 2 is 2.03 bits per heavy atom. The maximum Gasteiger partial charge on any atom is 0.248 e. The number of nitrogens with zero attached hydrogens (tertiary/aromatic N) is 3. The first-order chi connectivity index (χ1) is 19.0. The van der Waals surface area contributed by atoms with Crippen molar-refractivity contribution in [2.45, 2.75) is 27.2 Å². The number of aromatic hydroxyl groups is 1. The van der Waals surface area contributed by atoms with E-state index in [0.717, 1.165) is 44.0 Å². The lowest BCUT2D eigenvalue weighted by molar-refractivity contribution is -0.111. The van der Waals surface area contributed by atoms with Gasteiger partial charge in [-0.15, -0.1) is 6.42 Å². The fraction of sp³-hybridized carbons (Fsp3) is 0.367. The number of rotatable bonds is 7. The zero-order valence-corrected chi connectivity index (χ0v) is 23.2. The number of terminal acetylenes is 1. The minimum atomic E-state index is -0.330. The Morgan fingerprint density at radius 1 is 1.23 bits per heavy atom. The van der Waals surface area contributed by atoms with Crippen LogP contribution in [0.25, 0.3) is 10.9 Å². The van der Waals surface area contributed by atoms with Gasteiger partial charge in [0.2, 0.25) is 5.91 Å². The molecule has 1 aliphatic heterocycles. The Kier molecular flexibility index (Phi) is 14.0. The van der Waals surface area contributed by atoms with E-state index in [0.29, 0.717) is 29.9 Å². The Morgan fingerprint density at radius 3 is 2.77 bits per heavy atom. The van der Waals surface area contributed by atoms with Crippen molar-refractivity contribution in [2.75, 3.05) is 57.2 Å². The summed E-state index contributed by atoms with van der Waals surface area (Å²) in [4.78, 5) is 23.2. The number of phenols is 1. The van der Waals surface area contributed by atoms with Gasteiger partial charge in [0.15, 0.2) is 0 Å². The fourth-order valence-electron chi connectivity index (χ4n) is 3.58. The molecule has 208 valence electrons. The van der Waals surface area contributed by atoms with Crippen LogP contribution in [0, 0.1) is 12.3 Å². The molecule has 3 N–H and O–H groups in total. The molecule has 9 heteroatoms. The molecule has 0 saturated carbocycles. The number of anilines is 3. The summed E-state index contributed by atoms with van der Waals surface area (Å²) in [6, 6.07) is 10.5. The molecule has 1 aliphatic rings. The molecule has 9 nitrogen and oxygen atoms in total. The number of aromatic nitrogens is 2. The Bertz CT molecular complexity index is 1250. The van der Waals surface area contributed by atoms with E-state index >= 15 is 0 Å². The van der Waals surface area contributed by atoms with Crippen LogP contribution < -0.4 is 10.6 Å². The van der Waals surface area contributed by atoms with Gasteiger partial charge in [0, 0.05) is 68.7 Å². The molecule has 0 unspecified atom stereocenters. The fourth-order valence-corrected chi connectivity index (χ4v) is 3.58. The number of phenolic OH excluding ortho intramolecular Hbond substituents is 1. The molecule has 0 radical (unpaired) electrons. The van der Waals surface area contributed by atoms with E-state index in [9.17, 15) is 9.90 Å². The molecule has 1 fully saturated rings. The summed E-state index contributed by atoms with van der Waals surface area (Å²) in [6.07, 6.45) is 11.2. The molecule has 4 rings (SSSR count). The summed E-state index contributed by atoms with van der Waals surface area (Å²) in [5.74, 6) is 2.73. The highest BCUT2D eigenvalue weighted by Crippen LogP contribution is 2.32. The second-order valence-corrected chi connectivity index (χ2v) is 8.19. The standard InChI is InChI=1S/C25H25N5O3.C3H8O.C2H6/c1-2-18-6-3-7-19(14-18)28-25-20-15-22(23(31)16-21(20)26-17-27-25)29-24(32)8-4-9-30-10-5-12-33-13-11-30;1-3-4-2;1-2/h1,3-4,6-8,14-17,31H,5,9-13H2,(H,29,32)(H,26,27,28);3H2,1-2H3;1-2H3/b8-4+;;. The van der Waals surface area contributed by atoms with Crippen molar-refractivity contribution in [1.82, 2.24) is 14.9 Å². The summed E-state index contributed by atoms with van der Waals surface area (Å²) in [5, 5.41) is 17.0. The van der Waals surface area contributed by atoms with Crippen molar-refractivity contribution in [2.24, 2.45) is 0 Å². The van der Waals surface area contributed by atoms with Gasteiger partial charge in [0.25, 0.3) is 0 Å². The third-order valence-corrected chi connectivity index (χ3v) is 5.54. The Balaban J connectivity index is 0.000000815. The van der Waals surface area contributed by atoms with Crippen molar-refractivity contribution in [3.8, 4) is 18.1 Å². The number of fused-ring (bicyclic) bond motifs is 1. The Labute approximate surface area is 231 Å². The molecule has 2 aromatic carbocycles. The van der Waals surface area contributed by atoms with Gasteiger partial charge in [-0.05, 0) is 37.6 Å². The van der Waals surface area contributed by atoms with E-state index < -0.39 is 0 Å². The number of hydrogen-bond donors (Lipinski definition) is 3. The van der Waals surface area contributed by atoms with E-state index in [2.05, 4.69) is 36.2 Å². The molecule has 0 aliphatic carbocycles. The predicted molar refractivity (Wildman–Crippen MR) is 157 cm³/mol.